The SMILES string of the molecule is C#CCCC1(CCC(=O)NCCc2cccn3ccnc23)N=N1. The summed E-state index contributed by atoms with van der Waals surface area (Å²) in [5, 5.41) is 11.0. The van der Waals surface area contributed by atoms with Crippen molar-refractivity contribution in [1.82, 2.24) is 14.7 Å². The summed E-state index contributed by atoms with van der Waals surface area (Å²) in [6.45, 7) is 0.594. The smallest absolute Gasteiger partial charge is 0.220 e. The number of amides is 1. The van der Waals surface area contributed by atoms with Crippen LogP contribution in [0.1, 0.15) is 31.2 Å². The van der Waals surface area contributed by atoms with Gasteiger partial charge in [-0.15, -0.1) is 12.3 Å². The Hall–Kier alpha value is -2.68. The molecule has 1 N–H and O–H groups in total. The molecule has 0 fully saturated rings. The third-order valence-corrected chi connectivity index (χ3v) is 4.02. The molecule has 23 heavy (non-hydrogen) atoms. The van der Waals surface area contributed by atoms with Crippen LogP contribution in [-0.2, 0) is 11.2 Å². The van der Waals surface area contributed by atoms with Gasteiger partial charge >= 0.3 is 0 Å². The molecule has 0 spiro atoms. The average molecular weight is 309 g/mol. The number of terminal acetylenes is 1. The first-order chi connectivity index (χ1) is 11.2. The number of hydrogen-bond donors (Lipinski definition) is 1. The van der Waals surface area contributed by atoms with Crippen molar-refractivity contribution in [2.45, 2.75) is 37.8 Å². The molecule has 2 aromatic rings. The molecule has 0 saturated heterocycles. The van der Waals surface area contributed by atoms with Crippen LogP contribution in [0.5, 0.6) is 0 Å². The van der Waals surface area contributed by atoms with Crippen LogP contribution in [0.15, 0.2) is 41.0 Å². The number of fused-ring (bicyclic) bond motifs is 1. The zero-order valence-electron chi connectivity index (χ0n) is 12.9. The highest BCUT2D eigenvalue weighted by Crippen LogP contribution is 2.37. The Labute approximate surface area is 135 Å². The van der Waals surface area contributed by atoms with E-state index in [9.17, 15) is 4.79 Å². The van der Waals surface area contributed by atoms with Gasteiger partial charge in [-0.2, -0.15) is 10.2 Å². The molecule has 0 aromatic carbocycles. The molecule has 0 bridgehead atoms. The number of carbonyl (C=O) groups is 1. The van der Waals surface area contributed by atoms with Gasteiger partial charge in [-0.05, 0) is 18.1 Å². The topological polar surface area (TPSA) is 71.1 Å². The van der Waals surface area contributed by atoms with E-state index in [1.165, 1.54) is 0 Å². The van der Waals surface area contributed by atoms with Gasteiger partial charge < -0.3 is 9.72 Å². The predicted molar refractivity (Wildman–Crippen MR) is 86.8 cm³/mol. The zero-order valence-corrected chi connectivity index (χ0v) is 12.9. The Balaban J connectivity index is 1.41. The number of aromatic nitrogens is 2. The first-order valence-corrected chi connectivity index (χ1v) is 7.77. The Morgan fingerprint density at radius 1 is 1.35 bits per heavy atom. The molecule has 2 aromatic heterocycles. The van der Waals surface area contributed by atoms with Crippen LogP contribution in [0.2, 0.25) is 0 Å². The molecule has 1 aliphatic rings. The van der Waals surface area contributed by atoms with E-state index in [0.29, 0.717) is 25.8 Å². The van der Waals surface area contributed by atoms with E-state index in [2.05, 4.69) is 26.4 Å². The molecule has 6 heteroatoms. The molecule has 0 saturated carbocycles. The zero-order chi connectivity index (χ0) is 16.1. The molecule has 1 amide bonds. The molecule has 3 heterocycles. The summed E-state index contributed by atoms with van der Waals surface area (Å²) in [5.74, 6) is 2.61. The van der Waals surface area contributed by atoms with Gasteiger partial charge in [0.25, 0.3) is 0 Å². The average Bonchev–Trinajstić information content (AvgIpc) is 3.17. The van der Waals surface area contributed by atoms with Crippen LogP contribution in [-0.4, -0.2) is 27.5 Å². The van der Waals surface area contributed by atoms with Gasteiger partial charge in [-0.3, -0.25) is 4.79 Å². The lowest BCUT2D eigenvalue weighted by molar-refractivity contribution is -0.121. The molecule has 1 aliphatic heterocycles. The Morgan fingerprint density at radius 2 is 2.22 bits per heavy atom. The van der Waals surface area contributed by atoms with Crippen molar-refractivity contribution in [2.75, 3.05) is 6.54 Å². The lowest BCUT2D eigenvalue weighted by Gasteiger charge is -2.09. The van der Waals surface area contributed by atoms with Gasteiger partial charge in [0, 0.05) is 50.8 Å². The van der Waals surface area contributed by atoms with Crippen molar-refractivity contribution >= 4 is 11.6 Å². The third-order valence-electron chi connectivity index (χ3n) is 4.02. The molecule has 118 valence electrons. The van der Waals surface area contributed by atoms with E-state index in [1.807, 2.05) is 28.9 Å². The molecule has 0 atom stereocenters. The lowest BCUT2D eigenvalue weighted by atomic mass is 10.0. The monoisotopic (exact) mass is 309 g/mol. The van der Waals surface area contributed by atoms with Gasteiger partial charge in [0.2, 0.25) is 5.91 Å². The van der Waals surface area contributed by atoms with Crippen LogP contribution in [0.25, 0.3) is 5.65 Å². The van der Waals surface area contributed by atoms with Gasteiger partial charge in [0.05, 0.1) is 0 Å². The summed E-state index contributed by atoms with van der Waals surface area (Å²) in [7, 11) is 0. The minimum absolute atomic E-state index is 0.0256. The highest BCUT2D eigenvalue weighted by atomic mass is 16.1. The fraction of sp³-hybridized carbons (Fsp3) is 0.412. The Kier molecular flexibility index (Phi) is 4.38. The quantitative estimate of drug-likeness (QED) is 0.760. The van der Waals surface area contributed by atoms with Crippen molar-refractivity contribution in [3.63, 3.8) is 0 Å². The molecule has 3 rings (SSSR count). The van der Waals surface area contributed by atoms with E-state index in [0.717, 1.165) is 24.1 Å². The number of carbonyl (C=O) groups excluding carboxylic acids is 1. The van der Waals surface area contributed by atoms with Crippen molar-refractivity contribution < 1.29 is 4.79 Å². The van der Waals surface area contributed by atoms with Crippen LogP contribution in [0.4, 0.5) is 0 Å². The van der Waals surface area contributed by atoms with Crippen LogP contribution in [0, 0.1) is 12.3 Å². The van der Waals surface area contributed by atoms with E-state index in [-0.39, 0.29) is 11.6 Å². The Morgan fingerprint density at radius 3 is 3.00 bits per heavy atom. The van der Waals surface area contributed by atoms with Crippen molar-refractivity contribution in [3.8, 4) is 12.3 Å². The van der Waals surface area contributed by atoms with Crippen molar-refractivity contribution in [2.24, 2.45) is 10.2 Å². The van der Waals surface area contributed by atoms with Gasteiger partial charge in [-0.1, -0.05) is 6.07 Å². The third kappa shape index (κ3) is 3.75. The summed E-state index contributed by atoms with van der Waals surface area (Å²) in [4.78, 5) is 16.3. The second-order valence-corrected chi connectivity index (χ2v) is 5.68. The molecule has 6 nitrogen and oxygen atoms in total. The summed E-state index contributed by atoms with van der Waals surface area (Å²) in [6, 6.07) is 4.02. The fourth-order valence-electron chi connectivity index (χ4n) is 2.61. The van der Waals surface area contributed by atoms with Gasteiger partial charge in [0.1, 0.15) is 5.65 Å². The number of rotatable bonds is 8. The number of pyridine rings is 1. The fourth-order valence-corrected chi connectivity index (χ4v) is 2.61. The maximum Gasteiger partial charge on any atom is 0.220 e. The normalized spacial score (nSPS) is 14.6. The van der Waals surface area contributed by atoms with Crippen LogP contribution < -0.4 is 5.32 Å². The van der Waals surface area contributed by atoms with Crippen molar-refractivity contribution in [3.05, 3.63) is 36.3 Å². The summed E-state index contributed by atoms with van der Waals surface area (Å²) in [5.41, 5.74) is 1.67. The maximum absolute atomic E-state index is 11.9. The largest absolute Gasteiger partial charge is 0.356 e. The molecule has 0 radical (unpaired) electrons. The minimum atomic E-state index is -0.384. The van der Waals surface area contributed by atoms with Crippen LogP contribution >= 0.6 is 0 Å². The number of nitrogens with zero attached hydrogens (tertiary/aromatic N) is 4. The number of nitrogens with one attached hydrogen (secondary N) is 1. The second kappa shape index (κ2) is 6.61. The van der Waals surface area contributed by atoms with Crippen LogP contribution in [0.3, 0.4) is 0 Å². The highest BCUT2D eigenvalue weighted by molar-refractivity contribution is 5.76. The summed E-state index contributed by atoms with van der Waals surface area (Å²) < 4.78 is 1.97. The Bertz CT molecular complexity index is 765. The first kappa shape index (κ1) is 15.2. The summed E-state index contributed by atoms with van der Waals surface area (Å²) in [6.07, 6.45) is 14.1. The summed E-state index contributed by atoms with van der Waals surface area (Å²) >= 11 is 0. The minimum Gasteiger partial charge on any atom is -0.356 e. The number of imidazole rings is 1. The molecule has 0 aliphatic carbocycles. The van der Waals surface area contributed by atoms with E-state index < -0.39 is 0 Å². The standard InChI is InChI=1S/C17H19N5O/c1-2-3-8-17(20-21-17)9-6-15(23)18-10-7-14-5-4-12-22-13-11-19-16(14)22/h1,4-5,11-13H,3,6-10H2,(H,18,23). The molecule has 0 unspecified atom stereocenters. The second-order valence-electron chi connectivity index (χ2n) is 5.68. The van der Waals surface area contributed by atoms with Gasteiger partial charge in [-0.25, -0.2) is 4.98 Å². The highest BCUT2D eigenvalue weighted by Gasteiger charge is 2.39. The van der Waals surface area contributed by atoms with E-state index in [1.54, 1.807) is 6.20 Å². The van der Waals surface area contributed by atoms with E-state index in [4.69, 9.17) is 6.42 Å². The van der Waals surface area contributed by atoms with Crippen molar-refractivity contribution in [1.29, 1.82) is 0 Å². The lowest BCUT2D eigenvalue weighted by Crippen LogP contribution is -2.27. The molecular formula is C17H19N5O. The van der Waals surface area contributed by atoms with Gasteiger partial charge in [0.15, 0.2) is 5.66 Å². The predicted octanol–water partition coefficient (Wildman–Crippen LogP) is 2.35. The van der Waals surface area contributed by atoms with E-state index >= 15 is 0 Å². The first-order valence-electron chi connectivity index (χ1n) is 7.77. The number of hydrogen-bond acceptors (Lipinski definition) is 4. The maximum atomic E-state index is 11.9. The molecular weight excluding hydrogens is 290 g/mol.